The first-order chi connectivity index (χ1) is 9.02. The molecule has 0 bridgehead atoms. The van der Waals surface area contributed by atoms with Crippen LogP contribution < -0.4 is 10.8 Å². The summed E-state index contributed by atoms with van der Waals surface area (Å²) < 4.78 is 5.92. The first-order valence-electron chi connectivity index (χ1n) is 5.39. The summed E-state index contributed by atoms with van der Waals surface area (Å²) >= 11 is 9.95. The van der Waals surface area contributed by atoms with Gasteiger partial charge in [0.25, 0.3) is 0 Å². The smallest absolute Gasteiger partial charge is 0.423 e. The van der Waals surface area contributed by atoms with E-state index in [2.05, 4.69) is 23.2 Å². The van der Waals surface area contributed by atoms with Crippen LogP contribution in [0.2, 0.25) is 5.02 Å². The Labute approximate surface area is 121 Å². The van der Waals surface area contributed by atoms with Crippen molar-refractivity contribution >= 4 is 49.2 Å². The van der Waals surface area contributed by atoms with E-state index in [0.717, 1.165) is 9.98 Å². The number of carbonyl (C=O) groups is 1. The number of halogens is 1. The lowest BCUT2D eigenvalue weighted by Gasteiger charge is -2.08. The van der Waals surface area contributed by atoms with Gasteiger partial charge in [-0.15, -0.1) is 0 Å². The lowest BCUT2D eigenvalue weighted by Crippen LogP contribution is -2.29. The van der Waals surface area contributed by atoms with Crippen LogP contribution in [0.3, 0.4) is 0 Å². The molecule has 2 rings (SSSR count). The highest BCUT2D eigenvalue weighted by atomic mass is 35.5. The maximum Gasteiger partial charge on any atom is 0.491 e. The fourth-order valence-corrected chi connectivity index (χ4v) is 2.02. The zero-order valence-electron chi connectivity index (χ0n) is 10.00. The SMILES string of the molecule is CNC(=O)N(S)N=Cc1cc2c(cc1Cl)COB2O. The van der Waals surface area contributed by atoms with Crippen LogP contribution in [0.25, 0.3) is 0 Å². The van der Waals surface area contributed by atoms with E-state index in [-0.39, 0.29) is 0 Å². The second-order valence-electron chi connectivity index (χ2n) is 3.83. The van der Waals surface area contributed by atoms with E-state index in [9.17, 15) is 9.82 Å². The van der Waals surface area contributed by atoms with Gasteiger partial charge in [0.05, 0.1) is 12.8 Å². The molecule has 0 radical (unpaired) electrons. The molecular formula is C10H11BClN3O3S. The summed E-state index contributed by atoms with van der Waals surface area (Å²) in [5, 5.41) is 16.3. The van der Waals surface area contributed by atoms with Crippen LogP contribution >= 0.6 is 24.4 Å². The zero-order chi connectivity index (χ0) is 14.0. The minimum absolute atomic E-state index is 0.324. The van der Waals surface area contributed by atoms with Crippen molar-refractivity contribution < 1.29 is 14.5 Å². The number of hydrogen-bond donors (Lipinski definition) is 3. The van der Waals surface area contributed by atoms with Gasteiger partial charge in [0.1, 0.15) is 0 Å². The van der Waals surface area contributed by atoms with Crippen LogP contribution in [0, 0.1) is 0 Å². The Morgan fingerprint density at radius 1 is 1.74 bits per heavy atom. The Morgan fingerprint density at radius 2 is 2.47 bits per heavy atom. The summed E-state index contributed by atoms with van der Waals surface area (Å²) in [6.07, 6.45) is 1.38. The molecule has 6 nitrogen and oxygen atoms in total. The topological polar surface area (TPSA) is 74.2 Å². The summed E-state index contributed by atoms with van der Waals surface area (Å²) in [6, 6.07) is 2.90. The standard InChI is InChI=1S/C10H11BClN3O3S/c1-13-10(16)15(19)14-4-6-2-8-7(3-9(6)12)5-18-11(8)17/h2-4,17,19H,5H2,1H3,(H,13,16). The number of hydrazone groups is 1. The quantitative estimate of drug-likeness (QED) is 0.320. The molecule has 0 fully saturated rings. The van der Waals surface area contributed by atoms with Crippen LogP contribution in [0.15, 0.2) is 17.2 Å². The van der Waals surface area contributed by atoms with Gasteiger partial charge in [0, 0.05) is 17.6 Å². The molecule has 0 saturated heterocycles. The molecule has 0 unspecified atom stereocenters. The van der Waals surface area contributed by atoms with Crippen molar-refractivity contribution in [2.75, 3.05) is 7.05 Å². The van der Waals surface area contributed by atoms with E-state index in [4.69, 9.17) is 16.3 Å². The summed E-state index contributed by atoms with van der Waals surface area (Å²) in [5.41, 5.74) is 2.05. The van der Waals surface area contributed by atoms with Crippen LogP contribution in [-0.2, 0) is 11.3 Å². The van der Waals surface area contributed by atoms with Gasteiger partial charge in [-0.2, -0.15) is 9.52 Å². The first-order valence-corrected chi connectivity index (χ1v) is 6.17. The number of fused-ring (bicyclic) bond motifs is 1. The lowest BCUT2D eigenvalue weighted by atomic mass is 9.79. The molecule has 1 aliphatic heterocycles. The fourth-order valence-electron chi connectivity index (χ4n) is 1.63. The molecule has 100 valence electrons. The predicted molar refractivity (Wildman–Crippen MR) is 76.7 cm³/mol. The normalized spacial score (nSPS) is 13.8. The molecule has 0 saturated carbocycles. The minimum Gasteiger partial charge on any atom is -0.423 e. The molecule has 1 aliphatic rings. The number of carbonyl (C=O) groups excluding carboxylic acids is 1. The highest BCUT2D eigenvalue weighted by Gasteiger charge is 2.28. The van der Waals surface area contributed by atoms with Gasteiger partial charge in [0.15, 0.2) is 0 Å². The maximum absolute atomic E-state index is 11.2. The molecule has 9 heteroatoms. The van der Waals surface area contributed by atoms with E-state index in [0.29, 0.717) is 22.7 Å². The molecule has 1 heterocycles. The van der Waals surface area contributed by atoms with Gasteiger partial charge >= 0.3 is 13.1 Å². The van der Waals surface area contributed by atoms with E-state index < -0.39 is 13.1 Å². The Bertz CT molecular complexity index is 543. The molecule has 0 aliphatic carbocycles. The highest BCUT2D eigenvalue weighted by Crippen LogP contribution is 2.19. The Morgan fingerprint density at radius 3 is 3.16 bits per heavy atom. The Hall–Kier alpha value is -1.22. The van der Waals surface area contributed by atoms with E-state index >= 15 is 0 Å². The summed E-state index contributed by atoms with van der Waals surface area (Å²) in [7, 11) is 0.516. The van der Waals surface area contributed by atoms with Crippen LogP contribution in [0.4, 0.5) is 4.79 Å². The predicted octanol–water partition coefficient (Wildman–Crippen LogP) is 0.378. The number of amides is 2. The van der Waals surface area contributed by atoms with Crippen molar-refractivity contribution in [3.8, 4) is 0 Å². The van der Waals surface area contributed by atoms with Crippen molar-refractivity contribution in [2.45, 2.75) is 6.61 Å². The van der Waals surface area contributed by atoms with Crippen LogP contribution in [0.1, 0.15) is 11.1 Å². The number of nitrogens with zero attached hydrogens (tertiary/aromatic N) is 2. The van der Waals surface area contributed by atoms with Crippen molar-refractivity contribution in [3.05, 3.63) is 28.3 Å². The molecule has 2 N–H and O–H groups in total. The van der Waals surface area contributed by atoms with Gasteiger partial charge in [-0.1, -0.05) is 17.7 Å². The number of thiol groups is 1. The summed E-state index contributed by atoms with van der Waals surface area (Å²) in [6.45, 7) is 0.324. The summed E-state index contributed by atoms with van der Waals surface area (Å²) in [5.74, 6) is 0. The molecule has 0 aromatic heterocycles. The van der Waals surface area contributed by atoms with Crippen molar-refractivity contribution in [2.24, 2.45) is 5.10 Å². The second-order valence-corrected chi connectivity index (χ2v) is 4.61. The van der Waals surface area contributed by atoms with Crippen LogP contribution in [-0.4, -0.2) is 35.9 Å². The minimum atomic E-state index is -0.953. The lowest BCUT2D eigenvalue weighted by molar-refractivity contribution is 0.229. The number of hydrogen-bond acceptors (Lipinski definition) is 5. The average molecular weight is 300 g/mol. The average Bonchev–Trinajstić information content (AvgIpc) is 2.75. The molecular weight excluding hydrogens is 288 g/mol. The number of urea groups is 1. The maximum atomic E-state index is 11.2. The van der Waals surface area contributed by atoms with Crippen molar-refractivity contribution in [1.82, 2.24) is 9.73 Å². The van der Waals surface area contributed by atoms with E-state index in [1.54, 1.807) is 12.1 Å². The summed E-state index contributed by atoms with van der Waals surface area (Å²) in [4.78, 5) is 11.2. The third-order valence-corrected chi connectivity index (χ3v) is 3.24. The molecule has 1 aromatic carbocycles. The number of rotatable bonds is 2. The van der Waals surface area contributed by atoms with Gasteiger partial charge in [0.2, 0.25) is 0 Å². The van der Waals surface area contributed by atoms with Crippen molar-refractivity contribution in [3.63, 3.8) is 0 Å². The number of benzene rings is 1. The van der Waals surface area contributed by atoms with E-state index in [1.165, 1.54) is 13.3 Å². The third-order valence-electron chi connectivity index (χ3n) is 2.62. The Balaban J connectivity index is 2.24. The molecule has 0 atom stereocenters. The Kier molecular flexibility index (Phi) is 4.36. The van der Waals surface area contributed by atoms with E-state index in [1.807, 2.05) is 0 Å². The van der Waals surface area contributed by atoms with Gasteiger partial charge in [-0.3, -0.25) is 0 Å². The van der Waals surface area contributed by atoms with Gasteiger partial charge < -0.3 is 15.0 Å². The molecule has 1 aromatic rings. The molecule has 19 heavy (non-hydrogen) atoms. The molecule has 0 spiro atoms. The van der Waals surface area contributed by atoms with Crippen molar-refractivity contribution in [1.29, 1.82) is 0 Å². The largest absolute Gasteiger partial charge is 0.491 e. The second kappa shape index (κ2) is 5.83. The fraction of sp³-hybridized carbons (Fsp3) is 0.200. The van der Waals surface area contributed by atoms with Crippen LogP contribution in [0.5, 0.6) is 0 Å². The van der Waals surface area contributed by atoms with Gasteiger partial charge in [-0.05, 0) is 29.9 Å². The highest BCUT2D eigenvalue weighted by molar-refractivity contribution is 7.78. The number of nitrogens with one attached hydrogen (secondary N) is 1. The third kappa shape index (κ3) is 3.03. The first kappa shape index (κ1) is 14.2. The monoisotopic (exact) mass is 299 g/mol. The molecule has 2 amide bonds. The zero-order valence-corrected chi connectivity index (χ0v) is 11.7. The van der Waals surface area contributed by atoms with Gasteiger partial charge in [-0.25, -0.2) is 4.79 Å².